The van der Waals surface area contributed by atoms with E-state index in [9.17, 15) is 0 Å². The Morgan fingerprint density at radius 2 is 1.67 bits per heavy atom. The summed E-state index contributed by atoms with van der Waals surface area (Å²) in [6.45, 7) is 15.8. The summed E-state index contributed by atoms with van der Waals surface area (Å²) >= 11 is 0. The molecule has 0 aromatic rings. The molecule has 0 bridgehead atoms. The van der Waals surface area contributed by atoms with Gasteiger partial charge in [-0.25, -0.2) is 0 Å². The van der Waals surface area contributed by atoms with Crippen molar-refractivity contribution in [2.75, 3.05) is 19.6 Å². The van der Waals surface area contributed by atoms with E-state index >= 15 is 0 Å². The van der Waals surface area contributed by atoms with Crippen LogP contribution in [0.2, 0.25) is 0 Å². The summed E-state index contributed by atoms with van der Waals surface area (Å²) in [7, 11) is 0. The van der Waals surface area contributed by atoms with Crippen molar-refractivity contribution in [3.05, 3.63) is 0 Å². The van der Waals surface area contributed by atoms with Crippen molar-refractivity contribution in [1.82, 2.24) is 4.90 Å². The van der Waals surface area contributed by atoms with Gasteiger partial charge >= 0.3 is 0 Å². The second-order valence-electron chi connectivity index (χ2n) is 8.74. The van der Waals surface area contributed by atoms with Crippen LogP contribution in [0.5, 0.6) is 0 Å². The SMILES string of the molecule is CC(C)CC1CC2(CCN(CC(C)(C)C)CC2)C1. The molecule has 1 saturated heterocycles. The lowest BCUT2D eigenvalue weighted by Gasteiger charge is -2.53. The highest BCUT2D eigenvalue weighted by Crippen LogP contribution is 2.54. The molecule has 1 aliphatic carbocycles. The Bertz CT molecular complexity index is 258. The number of nitrogens with zero attached hydrogens (tertiary/aromatic N) is 1. The monoisotopic (exact) mass is 251 g/mol. The van der Waals surface area contributed by atoms with E-state index in [1.807, 2.05) is 0 Å². The molecule has 2 fully saturated rings. The third-order valence-corrected chi connectivity index (χ3v) is 4.86. The van der Waals surface area contributed by atoms with Crippen LogP contribution in [0.1, 0.15) is 66.7 Å². The molecule has 18 heavy (non-hydrogen) atoms. The first-order valence-corrected chi connectivity index (χ1v) is 8.00. The number of rotatable bonds is 3. The van der Waals surface area contributed by atoms with E-state index < -0.39 is 0 Å². The molecule has 1 aliphatic heterocycles. The van der Waals surface area contributed by atoms with Crippen molar-refractivity contribution in [2.45, 2.75) is 66.7 Å². The number of piperidine rings is 1. The Morgan fingerprint density at radius 3 is 2.11 bits per heavy atom. The summed E-state index contributed by atoms with van der Waals surface area (Å²) in [5, 5.41) is 0. The molecule has 0 unspecified atom stereocenters. The van der Waals surface area contributed by atoms with E-state index in [-0.39, 0.29) is 0 Å². The van der Waals surface area contributed by atoms with Crippen molar-refractivity contribution in [2.24, 2.45) is 22.7 Å². The molecule has 1 nitrogen and oxygen atoms in total. The van der Waals surface area contributed by atoms with E-state index in [1.165, 1.54) is 51.7 Å². The van der Waals surface area contributed by atoms with Crippen LogP contribution < -0.4 is 0 Å². The Labute approximate surface area is 114 Å². The summed E-state index contributed by atoms with van der Waals surface area (Å²) in [5.74, 6) is 1.95. The maximum atomic E-state index is 2.70. The Hall–Kier alpha value is -0.0400. The van der Waals surface area contributed by atoms with Gasteiger partial charge in [0, 0.05) is 6.54 Å². The quantitative estimate of drug-likeness (QED) is 0.710. The van der Waals surface area contributed by atoms with Crippen LogP contribution in [0.25, 0.3) is 0 Å². The standard InChI is InChI=1S/C17H33N/c1-14(2)10-15-11-17(12-15)6-8-18(9-7-17)13-16(3,4)5/h14-15H,6-13H2,1-5H3. The third kappa shape index (κ3) is 3.73. The van der Waals surface area contributed by atoms with Crippen LogP contribution in [0, 0.1) is 22.7 Å². The molecule has 0 amide bonds. The zero-order valence-corrected chi connectivity index (χ0v) is 13.3. The van der Waals surface area contributed by atoms with E-state index in [4.69, 9.17) is 0 Å². The third-order valence-electron chi connectivity index (χ3n) is 4.86. The average molecular weight is 251 g/mol. The van der Waals surface area contributed by atoms with Crippen molar-refractivity contribution in [1.29, 1.82) is 0 Å². The molecule has 1 saturated carbocycles. The number of hydrogen-bond acceptors (Lipinski definition) is 1. The first-order valence-electron chi connectivity index (χ1n) is 8.00. The van der Waals surface area contributed by atoms with Gasteiger partial charge in [0.05, 0.1) is 0 Å². The molecule has 1 heteroatoms. The molecule has 1 heterocycles. The molecular weight excluding hydrogens is 218 g/mol. The molecule has 0 aromatic heterocycles. The summed E-state index contributed by atoms with van der Waals surface area (Å²) in [5.41, 5.74) is 1.23. The minimum absolute atomic E-state index is 0.463. The molecule has 1 spiro atoms. The molecular formula is C17H33N. The van der Waals surface area contributed by atoms with Gasteiger partial charge in [-0.1, -0.05) is 34.6 Å². The van der Waals surface area contributed by atoms with Gasteiger partial charge in [0.15, 0.2) is 0 Å². The van der Waals surface area contributed by atoms with Crippen LogP contribution in [0.15, 0.2) is 0 Å². The van der Waals surface area contributed by atoms with Gasteiger partial charge in [-0.3, -0.25) is 0 Å². The van der Waals surface area contributed by atoms with Crippen molar-refractivity contribution >= 4 is 0 Å². The van der Waals surface area contributed by atoms with Gasteiger partial charge in [0.25, 0.3) is 0 Å². The van der Waals surface area contributed by atoms with Gasteiger partial charge in [-0.05, 0) is 67.9 Å². The topological polar surface area (TPSA) is 3.24 Å². The Kier molecular flexibility index (Phi) is 4.11. The molecule has 106 valence electrons. The average Bonchev–Trinajstić information content (AvgIpc) is 2.15. The van der Waals surface area contributed by atoms with Crippen LogP contribution in [0.4, 0.5) is 0 Å². The van der Waals surface area contributed by atoms with Gasteiger partial charge in [-0.15, -0.1) is 0 Å². The lowest BCUT2D eigenvalue weighted by atomic mass is 9.56. The van der Waals surface area contributed by atoms with Crippen molar-refractivity contribution in [3.63, 3.8) is 0 Å². The van der Waals surface area contributed by atoms with Gasteiger partial charge < -0.3 is 4.90 Å². The fourth-order valence-corrected chi connectivity index (χ4v) is 4.26. The first-order chi connectivity index (χ1) is 8.28. The summed E-state index contributed by atoms with van der Waals surface area (Å²) < 4.78 is 0. The lowest BCUT2D eigenvalue weighted by Crippen LogP contribution is -2.48. The molecule has 0 atom stereocenters. The van der Waals surface area contributed by atoms with Gasteiger partial charge in [-0.2, -0.15) is 0 Å². The Balaban J connectivity index is 1.72. The second kappa shape index (κ2) is 5.15. The maximum Gasteiger partial charge on any atom is 0.00300 e. The molecule has 0 aromatic carbocycles. The number of likely N-dealkylation sites (tertiary alicyclic amines) is 1. The fourth-order valence-electron chi connectivity index (χ4n) is 4.26. The van der Waals surface area contributed by atoms with Gasteiger partial charge in [0.1, 0.15) is 0 Å². The summed E-state index contributed by atoms with van der Waals surface area (Å²) in [6.07, 6.45) is 7.48. The maximum absolute atomic E-state index is 2.70. The smallest absolute Gasteiger partial charge is 0.00300 e. The van der Waals surface area contributed by atoms with Crippen molar-refractivity contribution < 1.29 is 0 Å². The largest absolute Gasteiger partial charge is 0.303 e. The van der Waals surface area contributed by atoms with E-state index in [1.54, 1.807) is 0 Å². The lowest BCUT2D eigenvalue weighted by molar-refractivity contribution is -0.0263. The minimum atomic E-state index is 0.463. The van der Waals surface area contributed by atoms with Crippen LogP contribution >= 0.6 is 0 Å². The summed E-state index contributed by atoms with van der Waals surface area (Å²) in [6, 6.07) is 0. The van der Waals surface area contributed by atoms with Crippen molar-refractivity contribution in [3.8, 4) is 0 Å². The van der Waals surface area contributed by atoms with E-state index in [0.29, 0.717) is 5.41 Å². The summed E-state index contributed by atoms with van der Waals surface area (Å²) in [4.78, 5) is 2.70. The molecule has 2 rings (SSSR count). The zero-order chi connectivity index (χ0) is 13.4. The minimum Gasteiger partial charge on any atom is -0.303 e. The van der Waals surface area contributed by atoms with E-state index in [2.05, 4.69) is 39.5 Å². The molecule has 2 aliphatic rings. The van der Waals surface area contributed by atoms with E-state index in [0.717, 1.165) is 17.3 Å². The highest BCUT2D eigenvalue weighted by molar-refractivity contribution is 4.97. The molecule has 0 radical (unpaired) electrons. The predicted octanol–water partition coefficient (Wildman–Crippen LogP) is 4.57. The Morgan fingerprint density at radius 1 is 1.11 bits per heavy atom. The normalized spacial score (nSPS) is 25.7. The second-order valence-corrected chi connectivity index (χ2v) is 8.74. The van der Waals surface area contributed by atoms with Crippen LogP contribution in [-0.2, 0) is 0 Å². The highest BCUT2D eigenvalue weighted by Gasteiger charge is 2.45. The van der Waals surface area contributed by atoms with Crippen LogP contribution in [0.3, 0.4) is 0 Å². The first kappa shape index (κ1) is 14.4. The molecule has 0 N–H and O–H groups in total. The van der Waals surface area contributed by atoms with Crippen LogP contribution in [-0.4, -0.2) is 24.5 Å². The zero-order valence-electron chi connectivity index (χ0n) is 13.3. The number of hydrogen-bond donors (Lipinski definition) is 0. The highest BCUT2D eigenvalue weighted by atomic mass is 15.1. The predicted molar refractivity (Wildman–Crippen MR) is 79.7 cm³/mol. The fraction of sp³-hybridized carbons (Fsp3) is 1.00. The van der Waals surface area contributed by atoms with Gasteiger partial charge in [0.2, 0.25) is 0 Å².